The maximum atomic E-state index is 3.91. The first-order chi connectivity index (χ1) is 22.8. The van der Waals surface area contributed by atoms with Crippen LogP contribution in [0.2, 0.25) is 14.8 Å². The van der Waals surface area contributed by atoms with Gasteiger partial charge in [-0.25, -0.2) is 0 Å². The molecule has 0 spiro atoms. The first kappa shape index (κ1) is 37.2. The molecule has 0 saturated carbocycles. The van der Waals surface area contributed by atoms with Gasteiger partial charge >= 0.3 is 238 Å². The van der Waals surface area contributed by atoms with Gasteiger partial charge in [-0.15, -0.1) is 0 Å². The van der Waals surface area contributed by atoms with Crippen LogP contribution in [-0.2, 0) is 6.42 Å². The molecule has 5 rings (SSSR count). The fourth-order valence-electron chi connectivity index (χ4n) is 7.14. The summed E-state index contributed by atoms with van der Waals surface area (Å²) in [6, 6.07) is 23.3. The van der Waals surface area contributed by atoms with Crippen molar-refractivity contribution in [3.63, 3.8) is 0 Å². The molecule has 5 heteroatoms. The monoisotopic (exact) mass is 840 g/mol. The van der Waals surface area contributed by atoms with Gasteiger partial charge in [0.25, 0.3) is 0 Å². The third-order valence-corrected chi connectivity index (χ3v) is 22.1. The van der Waals surface area contributed by atoms with E-state index in [1.165, 1.54) is 100 Å². The average Bonchev–Trinajstić information content (AvgIpc) is 3.60. The summed E-state index contributed by atoms with van der Waals surface area (Å²) in [6.45, 7) is 16.0. The van der Waals surface area contributed by atoms with E-state index in [2.05, 4.69) is 152 Å². The minimum absolute atomic E-state index is 0.173. The number of halogens is 1. The van der Waals surface area contributed by atoms with Crippen molar-refractivity contribution in [2.45, 2.75) is 95.4 Å². The Labute approximate surface area is 311 Å². The van der Waals surface area contributed by atoms with E-state index in [1.54, 1.807) is 2.89 Å². The van der Waals surface area contributed by atoms with Crippen LogP contribution in [0.3, 0.4) is 0 Å². The second-order valence-electron chi connectivity index (χ2n) is 14.8. The van der Waals surface area contributed by atoms with Crippen LogP contribution in [0.5, 0.6) is 0 Å². The molecule has 0 radical (unpaired) electrons. The molecule has 0 aliphatic rings. The van der Waals surface area contributed by atoms with Gasteiger partial charge in [-0.05, 0) is 41.5 Å². The number of thiophene rings is 2. The van der Waals surface area contributed by atoms with Crippen molar-refractivity contribution in [1.82, 2.24) is 0 Å². The van der Waals surface area contributed by atoms with E-state index in [0.29, 0.717) is 0 Å². The Bertz CT molecular complexity index is 1870. The normalized spacial score (nSPS) is 11.5. The van der Waals surface area contributed by atoms with Crippen LogP contribution in [0, 0.1) is 53.4 Å². The molecular formula is C43H50BBrS2Sn. The van der Waals surface area contributed by atoms with Gasteiger partial charge in [0.05, 0.1) is 0 Å². The van der Waals surface area contributed by atoms with Gasteiger partial charge in [-0.1, -0.05) is 35.4 Å². The van der Waals surface area contributed by atoms with Crippen molar-refractivity contribution in [3.8, 4) is 21.6 Å². The van der Waals surface area contributed by atoms with Gasteiger partial charge in [0.15, 0.2) is 0 Å². The van der Waals surface area contributed by atoms with Gasteiger partial charge in [0.1, 0.15) is 0 Å². The summed E-state index contributed by atoms with van der Waals surface area (Å²) in [7, 11) is 0. The first-order valence-electron chi connectivity index (χ1n) is 17.5. The van der Waals surface area contributed by atoms with Gasteiger partial charge < -0.3 is 0 Å². The molecule has 0 atom stereocenters. The van der Waals surface area contributed by atoms with E-state index in [-0.39, 0.29) is 6.71 Å². The Kier molecular flexibility index (Phi) is 12.3. The zero-order chi connectivity index (χ0) is 34.7. The Morgan fingerprint density at radius 3 is 1.77 bits per heavy atom. The van der Waals surface area contributed by atoms with Gasteiger partial charge in [-0.2, -0.15) is 0 Å². The molecule has 2 heterocycles. The zero-order valence-electron chi connectivity index (χ0n) is 30.6. The summed E-state index contributed by atoms with van der Waals surface area (Å²) in [4.78, 5) is 10.2. The van der Waals surface area contributed by atoms with Crippen molar-refractivity contribution in [2.75, 3.05) is 0 Å². The van der Waals surface area contributed by atoms with Crippen molar-refractivity contribution in [3.05, 3.63) is 115 Å². The molecule has 0 N–H and O–H groups in total. The summed E-state index contributed by atoms with van der Waals surface area (Å²) in [5, 5.41) is 0. The number of aryl methyl sites for hydroxylation is 7. The summed E-state index contributed by atoms with van der Waals surface area (Å²) in [5.74, 6) is 7.24. The Morgan fingerprint density at radius 1 is 0.688 bits per heavy atom. The maximum absolute atomic E-state index is 3.91. The molecule has 2 aromatic heterocycles. The van der Waals surface area contributed by atoms with Crippen LogP contribution in [0.15, 0.2) is 64.5 Å². The van der Waals surface area contributed by atoms with Crippen LogP contribution >= 0.6 is 38.6 Å². The quantitative estimate of drug-likeness (QED) is 0.0747. The summed E-state index contributed by atoms with van der Waals surface area (Å²) in [6.07, 6.45) is 6.30. The van der Waals surface area contributed by atoms with Crippen LogP contribution in [0.4, 0.5) is 0 Å². The number of unbranched alkanes of at least 4 members (excludes halogenated alkanes) is 3. The number of hydrogen-bond donors (Lipinski definition) is 0. The predicted molar refractivity (Wildman–Crippen MR) is 225 cm³/mol. The molecule has 0 fully saturated rings. The van der Waals surface area contributed by atoms with E-state index < -0.39 is 18.4 Å². The molecule has 0 nitrogen and oxygen atoms in total. The van der Waals surface area contributed by atoms with E-state index in [0.717, 1.165) is 12.0 Å². The van der Waals surface area contributed by atoms with Crippen molar-refractivity contribution >= 4 is 83.0 Å². The van der Waals surface area contributed by atoms with Crippen molar-refractivity contribution < 1.29 is 0 Å². The average molecular weight is 840 g/mol. The zero-order valence-corrected chi connectivity index (χ0v) is 36.7. The topological polar surface area (TPSA) is 0 Å². The summed E-state index contributed by atoms with van der Waals surface area (Å²) < 4.78 is 2.87. The fourth-order valence-corrected chi connectivity index (χ4v) is 15.3. The van der Waals surface area contributed by atoms with Crippen LogP contribution in [0.1, 0.15) is 82.7 Å². The van der Waals surface area contributed by atoms with E-state index >= 15 is 0 Å². The number of hydrogen-bond acceptors (Lipinski definition) is 2. The fraction of sp³-hybridized carbons (Fsp3) is 0.349. The molecule has 48 heavy (non-hydrogen) atoms. The Hall–Kier alpha value is -2.04. The van der Waals surface area contributed by atoms with Crippen molar-refractivity contribution in [1.29, 1.82) is 0 Å². The Morgan fingerprint density at radius 2 is 1.25 bits per heavy atom. The van der Waals surface area contributed by atoms with Gasteiger partial charge in [0.2, 0.25) is 0 Å². The molecule has 0 aliphatic heterocycles. The minimum atomic E-state index is -2.29. The number of rotatable bonds is 10. The first-order valence-corrected chi connectivity index (χ1v) is 29.9. The molecule has 3 aromatic carbocycles. The SMILES string of the molecule is CCCCCCc1cc(-c2s[c]([Sn]([CH3])([CH3])[CH3])cc2C#Cc2ccc(B(c3c(C)cc(C)cc3C)c3c(C)cc(C)cc3C)cc2)sc1Br. The third kappa shape index (κ3) is 8.63. The second-order valence-corrected chi connectivity index (χ2v) is 33.6. The molecule has 0 saturated heterocycles. The molecule has 0 unspecified atom stereocenters. The van der Waals surface area contributed by atoms with Crippen LogP contribution < -0.4 is 19.3 Å². The van der Waals surface area contributed by atoms with Gasteiger partial charge in [-0.3, -0.25) is 0 Å². The van der Waals surface area contributed by atoms with E-state index in [1.807, 2.05) is 22.7 Å². The molecule has 0 bridgehead atoms. The predicted octanol–water partition coefficient (Wildman–Crippen LogP) is 10.7. The standard InChI is InChI=1S/C40H41BBrS2.3CH3.Sn/c1-8-9-10-11-12-34-25-36(44-40(34)42)39-33(19-20-43-39)16-13-32-14-17-35(18-15-32)41(37-28(4)21-26(2)22-29(37)5)38-30(6)23-27(3)24-31(38)7;;;;/h14-15,17-19,21-25H,8-12H2,1-7H3;3*1H3;. The molecular weight excluding hydrogens is 790 g/mol. The molecule has 0 aliphatic carbocycles. The second kappa shape index (κ2) is 15.9. The van der Waals surface area contributed by atoms with E-state index in [4.69, 9.17) is 0 Å². The molecule has 5 aromatic rings. The Balaban J connectivity index is 1.53. The summed E-state index contributed by atoms with van der Waals surface area (Å²) >= 11 is 5.50. The third-order valence-electron chi connectivity index (χ3n) is 9.39. The van der Waals surface area contributed by atoms with Crippen LogP contribution in [-0.4, -0.2) is 25.1 Å². The van der Waals surface area contributed by atoms with Crippen molar-refractivity contribution in [2.24, 2.45) is 0 Å². The summed E-state index contributed by atoms with van der Waals surface area (Å²) in [5.41, 5.74) is 15.9. The van der Waals surface area contributed by atoms with Gasteiger partial charge in [0, 0.05) is 0 Å². The number of benzene rings is 3. The van der Waals surface area contributed by atoms with E-state index in [9.17, 15) is 0 Å². The molecule has 0 amide bonds. The molecule has 248 valence electrons. The van der Waals surface area contributed by atoms with Crippen LogP contribution in [0.25, 0.3) is 9.75 Å².